The van der Waals surface area contributed by atoms with E-state index in [0.29, 0.717) is 23.1 Å². The Morgan fingerprint density at radius 1 is 1.06 bits per heavy atom. The highest BCUT2D eigenvalue weighted by molar-refractivity contribution is 8.15. The van der Waals surface area contributed by atoms with Crippen LogP contribution in [0.2, 0.25) is 0 Å². The Labute approximate surface area is 197 Å². The lowest BCUT2D eigenvalue weighted by Gasteiger charge is -2.17. The predicted octanol–water partition coefficient (Wildman–Crippen LogP) is 5.16. The van der Waals surface area contributed by atoms with Crippen LogP contribution in [-0.2, 0) is 16.1 Å². The summed E-state index contributed by atoms with van der Waals surface area (Å²) in [5.74, 6) is 0.205. The van der Waals surface area contributed by atoms with E-state index in [0.717, 1.165) is 16.8 Å². The number of amides is 2. The molecular formula is C26H25N3O3S. The molecule has 2 amide bonds. The molecule has 1 unspecified atom stereocenters. The summed E-state index contributed by atoms with van der Waals surface area (Å²) in [5, 5.41) is 2.91. The summed E-state index contributed by atoms with van der Waals surface area (Å²) in [7, 11) is 1.55. The van der Waals surface area contributed by atoms with Crippen LogP contribution in [0.5, 0.6) is 5.75 Å². The third-order valence-corrected chi connectivity index (χ3v) is 6.36. The van der Waals surface area contributed by atoms with Crippen molar-refractivity contribution in [2.24, 2.45) is 4.99 Å². The molecule has 1 aliphatic heterocycles. The van der Waals surface area contributed by atoms with E-state index in [1.54, 1.807) is 24.1 Å². The fraction of sp³-hybridized carbons (Fsp3) is 0.192. The molecule has 0 aliphatic carbocycles. The minimum Gasteiger partial charge on any atom is -0.495 e. The minimum absolute atomic E-state index is 0.0413. The fourth-order valence-corrected chi connectivity index (χ4v) is 4.72. The van der Waals surface area contributed by atoms with Gasteiger partial charge in [-0.1, -0.05) is 66.4 Å². The lowest BCUT2D eigenvalue weighted by molar-refractivity contribution is -0.128. The number of benzene rings is 3. The number of methoxy groups -OCH3 is 1. The van der Waals surface area contributed by atoms with E-state index in [4.69, 9.17) is 9.73 Å². The zero-order valence-corrected chi connectivity index (χ0v) is 19.3. The molecule has 3 aromatic carbocycles. The van der Waals surface area contributed by atoms with Crippen LogP contribution in [0.25, 0.3) is 0 Å². The Hall–Kier alpha value is -3.58. The van der Waals surface area contributed by atoms with Crippen molar-refractivity contribution in [2.75, 3.05) is 12.4 Å². The van der Waals surface area contributed by atoms with Crippen LogP contribution in [0.15, 0.2) is 83.9 Å². The number of aryl methyl sites for hydroxylation is 1. The highest BCUT2D eigenvalue weighted by Gasteiger charge is 2.39. The first-order valence-corrected chi connectivity index (χ1v) is 11.5. The number of nitrogens with zero attached hydrogens (tertiary/aromatic N) is 2. The van der Waals surface area contributed by atoms with Crippen LogP contribution >= 0.6 is 11.8 Å². The maximum atomic E-state index is 13.3. The third-order valence-electron chi connectivity index (χ3n) is 5.18. The predicted molar refractivity (Wildman–Crippen MR) is 133 cm³/mol. The number of carbonyl (C=O) groups is 2. The Balaban J connectivity index is 1.55. The van der Waals surface area contributed by atoms with E-state index >= 15 is 0 Å². The average molecular weight is 460 g/mol. The molecular weight excluding hydrogens is 434 g/mol. The normalized spacial score (nSPS) is 16.8. The molecule has 6 nitrogen and oxygen atoms in total. The second-order valence-electron chi connectivity index (χ2n) is 7.70. The number of para-hydroxylation sites is 2. The Morgan fingerprint density at radius 3 is 2.58 bits per heavy atom. The topological polar surface area (TPSA) is 71.0 Å². The molecule has 0 bridgehead atoms. The summed E-state index contributed by atoms with van der Waals surface area (Å²) in [5.41, 5.74) is 3.45. The quantitative estimate of drug-likeness (QED) is 0.530. The van der Waals surface area contributed by atoms with Gasteiger partial charge in [0, 0.05) is 6.42 Å². The summed E-state index contributed by atoms with van der Waals surface area (Å²) in [6.45, 7) is 2.41. The Morgan fingerprint density at radius 2 is 1.82 bits per heavy atom. The molecule has 168 valence electrons. The summed E-state index contributed by atoms with van der Waals surface area (Å²) >= 11 is 1.33. The number of nitrogens with one attached hydrogen (secondary N) is 1. The van der Waals surface area contributed by atoms with Gasteiger partial charge in [-0.15, -0.1) is 0 Å². The molecule has 0 spiro atoms. The van der Waals surface area contributed by atoms with E-state index in [9.17, 15) is 9.59 Å². The van der Waals surface area contributed by atoms with Gasteiger partial charge >= 0.3 is 0 Å². The second kappa shape index (κ2) is 10.4. The SMILES string of the molecule is COc1ccccc1NC(=O)CC1SC(=Nc2cccc(C)c2)N(Cc2ccccc2)C1=O. The number of aliphatic imine (C=N–C) groups is 1. The first-order chi connectivity index (χ1) is 16.0. The van der Waals surface area contributed by atoms with Crippen LogP contribution in [0, 0.1) is 6.92 Å². The number of hydrogen-bond donors (Lipinski definition) is 1. The molecule has 0 aromatic heterocycles. The third kappa shape index (κ3) is 5.62. The summed E-state index contributed by atoms with van der Waals surface area (Å²) in [6.07, 6.45) is 0.0413. The average Bonchev–Trinajstić information content (AvgIpc) is 3.09. The summed E-state index contributed by atoms with van der Waals surface area (Å²) in [6, 6.07) is 24.8. The highest BCUT2D eigenvalue weighted by Crippen LogP contribution is 2.33. The van der Waals surface area contributed by atoms with Crippen LogP contribution in [0.3, 0.4) is 0 Å². The first kappa shape index (κ1) is 22.6. The highest BCUT2D eigenvalue weighted by atomic mass is 32.2. The summed E-state index contributed by atoms with van der Waals surface area (Å²) < 4.78 is 5.30. The Bertz CT molecular complexity index is 1180. The van der Waals surface area contributed by atoms with Gasteiger partial charge in [-0.25, -0.2) is 4.99 Å². The monoisotopic (exact) mass is 459 g/mol. The van der Waals surface area contributed by atoms with Gasteiger partial charge in [0.1, 0.15) is 11.0 Å². The van der Waals surface area contributed by atoms with Crippen molar-refractivity contribution in [1.29, 1.82) is 0 Å². The van der Waals surface area contributed by atoms with Gasteiger partial charge in [0.2, 0.25) is 11.8 Å². The van der Waals surface area contributed by atoms with Gasteiger partial charge in [-0.05, 0) is 42.3 Å². The molecule has 1 atom stereocenters. The van der Waals surface area contributed by atoms with Gasteiger partial charge in [0.25, 0.3) is 0 Å². The number of ether oxygens (including phenoxy) is 1. The molecule has 1 N–H and O–H groups in total. The number of hydrogen-bond acceptors (Lipinski definition) is 5. The first-order valence-electron chi connectivity index (χ1n) is 10.6. The van der Waals surface area contributed by atoms with Gasteiger partial charge in [-0.3, -0.25) is 14.5 Å². The Kier molecular flexibility index (Phi) is 7.10. The molecule has 1 saturated heterocycles. The van der Waals surface area contributed by atoms with Crippen molar-refractivity contribution >= 4 is 40.1 Å². The number of thioether (sulfide) groups is 1. The fourth-order valence-electron chi connectivity index (χ4n) is 3.56. The number of amidine groups is 1. The van der Waals surface area contributed by atoms with E-state index in [-0.39, 0.29) is 18.2 Å². The van der Waals surface area contributed by atoms with E-state index in [1.807, 2.05) is 73.7 Å². The van der Waals surface area contributed by atoms with Crippen LogP contribution in [-0.4, -0.2) is 34.2 Å². The number of anilines is 1. The van der Waals surface area contributed by atoms with Gasteiger partial charge in [0.15, 0.2) is 5.17 Å². The molecule has 1 heterocycles. The maximum Gasteiger partial charge on any atom is 0.242 e. The van der Waals surface area contributed by atoms with Crippen LogP contribution < -0.4 is 10.1 Å². The van der Waals surface area contributed by atoms with Crippen LogP contribution in [0.4, 0.5) is 11.4 Å². The number of rotatable bonds is 7. The largest absolute Gasteiger partial charge is 0.495 e. The van der Waals surface area contributed by atoms with E-state index in [1.165, 1.54) is 11.8 Å². The van der Waals surface area contributed by atoms with Crippen molar-refractivity contribution in [2.45, 2.75) is 25.1 Å². The van der Waals surface area contributed by atoms with Crippen molar-refractivity contribution in [3.8, 4) is 5.75 Å². The zero-order valence-electron chi connectivity index (χ0n) is 18.5. The summed E-state index contributed by atoms with van der Waals surface area (Å²) in [4.78, 5) is 32.5. The van der Waals surface area contributed by atoms with E-state index in [2.05, 4.69) is 5.32 Å². The molecule has 1 fully saturated rings. The smallest absolute Gasteiger partial charge is 0.242 e. The van der Waals surface area contributed by atoms with Gasteiger partial charge < -0.3 is 10.1 Å². The molecule has 7 heteroatoms. The molecule has 3 aromatic rings. The molecule has 0 saturated carbocycles. The molecule has 33 heavy (non-hydrogen) atoms. The lowest BCUT2D eigenvalue weighted by atomic mass is 10.2. The van der Waals surface area contributed by atoms with Crippen molar-refractivity contribution in [3.05, 3.63) is 90.0 Å². The van der Waals surface area contributed by atoms with Crippen molar-refractivity contribution < 1.29 is 14.3 Å². The standard InChI is InChI=1S/C26H25N3O3S/c1-18-9-8-12-20(15-18)27-26-29(17-19-10-4-3-5-11-19)25(31)23(33-26)16-24(30)28-21-13-6-7-14-22(21)32-2/h3-15,23H,16-17H2,1-2H3,(H,28,30). The van der Waals surface area contributed by atoms with Crippen molar-refractivity contribution in [3.63, 3.8) is 0 Å². The minimum atomic E-state index is -0.549. The van der Waals surface area contributed by atoms with E-state index < -0.39 is 5.25 Å². The molecule has 4 rings (SSSR count). The van der Waals surface area contributed by atoms with Gasteiger partial charge in [0.05, 0.1) is 25.0 Å². The second-order valence-corrected chi connectivity index (χ2v) is 8.87. The van der Waals surface area contributed by atoms with Crippen LogP contribution in [0.1, 0.15) is 17.5 Å². The molecule has 0 radical (unpaired) electrons. The zero-order chi connectivity index (χ0) is 23.2. The lowest BCUT2D eigenvalue weighted by Crippen LogP contribution is -2.33. The molecule has 1 aliphatic rings. The van der Waals surface area contributed by atoms with Crippen molar-refractivity contribution in [1.82, 2.24) is 4.90 Å². The van der Waals surface area contributed by atoms with Gasteiger partial charge in [-0.2, -0.15) is 0 Å². The number of carbonyl (C=O) groups excluding carboxylic acids is 2. The maximum absolute atomic E-state index is 13.3.